The number of carbonyl (C=O) groups excluding carboxylic acids is 2. The minimum absolute atomic E-state index is 0.0293. The predicted molar refractivity (Wildman–Crippen MR) is 249 cm³/mol. The molecule has 3 N–H and O–H groups in total. The largest absolute Gasteiger partial charge is 0.459 e. The Bertz CT molecular complexity index is 3230. The number of ether oxygens (including phenoxy) is 1. The summed E-state index contributed by atoms with van der Waals surface area (Å²) < 4.78 is 6.42. The molecule has 0 bridgehead atoms. The van der Waals surface area contributed by atoms with E-state index < -0.39 is 34.9 Å². The third-order valence-electron chi connectivity index (χ3n) is 13.3. The minimum atomic E-state index is -2.33. The summed E-state index contributed by atoms with van der Waals surface area (Å²) in [4.78, 5) is 76.9. The average Bonchev–Trinajstić information content (AvgIpc) is 4.14. The normalized spacial score (nSPS) is 18.6. The SMILES string of the molecule is C=C(c1ccccc1)C1(C(=O)c2cc3c(cn2)[nH]c2ccccc23)CCN(C(Cc2c[nH]c3ccccc23)N=O)[C@@]1(C(=O)OCc1ccccc1)C(Cc1c[nH]c2ccccc12)N=O. The topological polar surface area (TPSA) is 166 Å². The molecule has 0 amide bonds. The van der Waals surface area contributed by atoms with Gasteiger partial charge in [0.05, 0.1) is 17.1 Å². The van der Waals surface area contributed by atoms with E-state index in [0.717, 1.165) is 43.7 Å². The Kier molecular flexibility index (Phi) is 10.4. The van der Waals surface area contributed by atoms with Crippen LogP contribution in [0.15, 0.2) is 175 Å². The van der Waals surface area contributed by atoms with Crippen LogP contribution >= 0.6 is 0 Å². The molecule has 64 heavy (non-hydrogen) atoms. The van der Waals surface area contributed by atoms with Gasteiger partial charge in [0.15, 0.2) is 11.3 Å². The maximum absolute atomic E-state index is 16.4. The van der Waals surface area contributed by atoms with Crippen molar-refractivity contribution in [3.8, 4) is 0 Å². The second kappa shape index (κ2) is 16.5. The van der Waals surface area contributed by atoms with Crippen LogP contribution in [-0.2, 0) is 29.0 Å². The highest BCUT2D eigenvalue weighted by Gasteiger charge is 2.74. The van der Waals surface area contributed by atoms with Crippen LogP contribution in [0.4, 0.5) is 0 Å². The van der Waals surface area contributed by atoms with E-state index in [9.17, 15) is 9.81 Å². The Morgan fingerprint density at radius 2 is 1.30 bits per heavy atom. The number of likely N-dealkylation sites (tertiary alicyclic amines) is 1. The van der Waals surface area contributed by atoms with Crippen molar-refractivity contribution in [3.05, 3.63) is 202 Å². The number of Topliss-reactive ketones (excluding diaryl/α,β-unsaturated/α-hetero) is 1. The molecule has 4 aromatic heterocycles. The number of pyridine rings is 1. The number of ketones is 1. The fourth-order valence-corrected chi connectivity index (χ4v) is 10.3. The molecule has 5 heterocycles. The fourth-order valence-electron chi connectivity index (χ4n) is 10.3. The maximum atomic E-state index is 16.4. The third kappa shape index (κ3) is 6.44. The van der Waals surface area contributed by atoms with Gasteiger partial charge in [-0.25, -0.2) is 4.79 Å². The summed E-state index contributed by atoms with van der Waals surface area (Å²) >= 11 is 0. The smallest absolute Gasteiger partial charge is 0.330 e. The first-order chi connectivity index (χ1) is 31.4. The molecular formula is C52H43N7O5. The Balaban J connectivity index is 1.25. The number of hydrogen-bond acceptors (Lipinski definition) is 9. The summed E-state index contributed by atoms with van der Waals surface area (Å²) in [5.74, 6) is -1.48. The molecule has 12 heteroatoms. The van der Waals surface area contributed by atoms with Crippen LogP contribution in [-0.4, -0.2) is 60.9 Å². The molecule has 0 saturated carbocycles. The van der Waals surface area contributed by atoms with E-state index in [1.165, 1.54) is 0 Å². The van der Waals surface area contributed by atoms with Gasteiger partial charge in [-0.15, -0.1) is 4.91 Å². The molecule has 4 atom stereocenters. The van der Waals surface area contributed by atoms with Gasteiger partial charge in [-0.05, 0) is 58.5 Å². The number of nitroso groups, excluding NO2 is 2. The van der Waals surface area contributed by atoms with Gasteiger partial charge in [-0.1, -0.05) is 132 Å². The molecule has 316 valence electrons. The van der Waals surface area contributed by atoms with Crippen LogP contribution in [0.5, 0.6) is 0 Å². The summed E-state index contributed by atoms with van der Waals surface area (Å²) in [6.45, 7) is 4.44. The number of H-pyrrole nitrogens is 3. The maximum Gasteiger partial charge on any atom is 0.330 e. The Morgan fingerprint density at radius 1 is 0.703 bits per heavy atom. The number of nitrogens with one attached hydrogen (secondary N) is 3. The molecule has 10 rings (SSSR count). The van der Waals surface area contributed by atoms with Crippen LogP contribution in [0.1, 0.15) is 39.2 Å². The number of hydrogen-bond donors (Lipinski definition) is 3. The zero-order valence-corrected chi connectivity index (χ0v) is 34.7. The van der Waals surface area contributed by atoms with E-state index >= 15 is 9.59 Å². The van der Waals surface area contributed by atoms with Gasteiger partial charge in [0, 0.05) is 69.9 Å². The van der Waals surface area contributed by atoms with Gasteiger partial charge >= 0.3 is 5.97 Å². The summed E-state index contributed by atoms with van der Waals surface area (Å²) in [5, 5.41) is 10.9. The van der Waals surface area contributed by atoms with Crippen LogP contribution < -0.4 is 0 Å². The zero-order valence-electron chi connectivity index (χ0n) is 34.7. The molecule has 0 spiro atoms. The molecule has 0 radical (unpaired) electrons. The monoisotopic (exact) mass is 845 g/mol. The first-order valence-electron chi connectivity index (χ1n) is 21.3. The minimum Gasteiger partial charge on any atom is -0.459 e. The second-order valence-electron chi connectivity index (χ2n) is 16.5. The molecule has 5 aromatic carbocycles. The lowest BCUT2D eigenvalue weighted by molar-refractivity contribution is -0.165. The lowest BCUT2D eigenvalue weighted by atomic mass is 9.57. The average molecular weight is 846 g/mol. The standard InChI is InChI=1S/C52H43N7O5/c1-33(35-16-6-3-7-17-35)51(49(60)45-28-41-40-20-10-13-23-44(40)56-46(41)31-55-45)24-25-59(48(58-63)27-37-30-54-43-22-12-9-19-39(37)43)52(51,50(61)64-32-34-14-4-2-5-15-34)47(57-62)26-36-29-53-42-21-11-8-18-38(36)42/h2-23,28-31,47-48,53-54,56H,1,24-27,32H2/t47?,48?,51?,52-/m1/s1. The van der Waals surface area contributed by atoms with Crippen molar-refractivity contribution in [3.63, 3.8) is 0 Å². The van der Waals surface area contributed by atoms with E-state index in [0.29, 0.717) is 22.2 Å². The van der Waals surface area contributed by atoms with E-state index in [2.05, 4.69) is 31.9 Å². The molecule has 1 saturated heterocycles. The van der Waals surface area contributed by atoms with Crippen molar-refractivity contribution in [1.82, 2.24) is 24.8 Å². The number of rotatable bonds is 15. The first kappa shape index (κ1) is 40.3. The summed E-state index contributed by atoms with van der Waals surface area (Å²) in [5.41, 5.74) is 1.86. The molecule has 0 aliphatic carbocycles. The summed E-state index contributed by atoms with van der Waals surface area (Å²) in [7, 11) is 0. The molecule has 12 nitrogen and oxygen atoms in total. The molecule has 9 aromatic rings. The number of para-hydroxylation sites is 3. The number of carbonyl (C=O) groups is 2. The van der Waals surface area contributed by atoms with Crippen LogP contribution in [0.2, 0.25) is 0 Å². The number of benzene rings is 5. The second-order valence-corrected chi connectivity index (χ2v) is 16.5. The van der Waals surface area contributed by atoms with Gasteiger partial charge in [0.25, 0.3) is 0 Å². The van der Waals surface area contributed by atoms with Gasteiger partial charge in [-0.3, -0.25) is 14.7 Å². The van der Waals surface area contributed by atoms with Crippen molar-refractivity contribution < 1.29 is 14.3 Å². The Labute approximate surface area is 367 Å². The molecule has 1 aliphatic rings. The van der Waals surface area contributed by atoms with Gasteiger partial charge < -0.3 is 19.7 Å². The van der Waals surface area contributed by atoms with Gasteiger partial charge in [-0.2, -0.15) is 4.91 Å². The van der Waals surface area contributed by atoms with Crippen molar-refractivity contribution in [1.29, 1.82) is 0 Å². The molecular weight excluding hydrogens is 803 g/mol. The number of aromatic amines is 3. The van der Waals surface area contributed by atoms with E-state index in [1.54, 1.807) is 23.4 Å². The van der Waals surface area contributed by atoms with Crippen molar-refractivity contribution in [2.45, 2.75) is 43.6 Å². The van der Waals surface area contributed by atoms with Crippen molar-refractivity contribution in [2.24, 2.45) is 15.8 Å². The van der Waals surface area contributed by atoms with Crippen molar-refractivity contribution >= 4 is 60.9 Å². The number of esters is 1. The Morgan fingerprint density at radius 3 is 1.95 bits per heavy atom. The third-order valence-corrected chi connectivity index (χ3v) is 13.3. The first-order valence-corrected chi connectivity index (χ1v) is 21.3. The van der Waals surface area contributed by atoms with Crippen LogP contribution in [0, 0.1) is 15.2 Å². The van der Waals surface area contributed by atoms with Crippen molar-refractivity contribution in [2.75, 3.05) is 6.54 Å². The predicted octanol–water partition coefficient (Wildman–Crippen LogP) is 10.5. The molecule has 1 aliphatic heterocycles. The highest BCUT2D eigenvalue weighted by atomic mass is 16.5. The van der Waals surface area contributed by atoms with Crippen LogP contribution in [0.3, 0.4) is 0 Å². The summed E-state index contributed by atoms with van der Waals surface area (Å²) in [6, 6.07) is 41.5. The van der Waals surface area contributed by atoms with E-state index in [4.69, 9.17) is 9.72 Å². The number of nitrogens with zero attached hydrogens (tertiary/aromatic N) is 4. The number of aromatic nitrogens is 4. The number of fused-ring (bicyclic) bond motifs is 5. The quantitative estimate of drug-likeness (QED) is 0.0525. The molecule has 1 fully saturated rings. The highest BCUT2D eigenvalue weighted by Crippen LogP contribution is 2.59. The van der Waals surface area contributed by atoms with E-state index in [1.807, 2.05) is 140 Å². The van der Waals surface area contributed by atoms with Gasteiger partial charge in [0.1, 0.15) is 24.5 Å². The highest BCUT2D eigenvalue weighted by molar-refractivity contribution is 6.15. The fraction of sp³-hybridized carbons (Fsp3) is 0.173. The van der Waals surface area contributed by atoms with Crippen LogP contribution in [0.25, 0.3) is 49.2 Å². The summed E-state index contributed by atoms with van der Waals surface area (Å²) in [6.07, 6.45) is 3.77. The van der Waals surface area contributed by atoms with Gasteiger partial charge in [0.2, 0.25) is 0 Å². The Hall–Kier alpha value is -7.83. The van der Waals surface area contributed by atoms with E-state index in [-0.39, 0.29) is 43.7 Å². The lowest BCUT2D eigenvalue weighted by Crippen LogP contribution is -2.70. The molecule has 3 unspecified atom stereocenters. The zero-order chi connectivity index (χ0) is 43.8. The lowest BCUT2D eigenvalue weighted by Gasteiger charge is -2.50.